The van der Waals surface area contributed by atoms with Crippen LogP contribution in [-0.2, 0) is 25.5 Å². The number of thioether (sulfide) groups is 1. The number of fused-ring (bicyclic) bond motifs is 1. The summed E-state index contributed by atoms with van der Waals surface area (Å²) in [5.74, 6) is -0.940. The summed E-state index contributed by atoms with van der Waals surface area (Å²) in [4.78, 5) is 41.9. The summed E-state index contributed by atoms with van der Waals surface area (Å²) < 4.78 is 6.69. The number of benzene rings is 2. The number of amides is 2. The average Bonchev–Trinajstić information content (AvgIpc) is 3.43. The molecule has 1 saturated heterocycles. The van der Waals surface area contributed by atoms with Gasteiger partial charge in [0.15, 0.2) is 12.1 Å². The number of alkyl halides is 1. The Morgan fingerprint density at radius 3 is 2.25 bits per heavy atom. The van der Waals surface area contributed by atoms with E-state index in [-0.39, 0.29) is 23.6 Å². The SMILES string of the molecule is O=C(Cc1cccs1)NC1C(=O)N2C1SC=C(CI)[C@@H]2C(=O)OC(c1ccccc1)c1ccccc1. The fourth-order valence-corrected chi connectivity index (χ4v) is 7.23. The van der Waals surface area contributed by atoms with Gasteiger partial charge in [0, 0.05) is 9.30 Å². The lowest BCUT2D eigenvalue weighted by Crippen LogP contribution is -2.74. The van der Waals surface area contributed by atoms with Crippen LogP contribution in [0.3, 0.4) is 0 Å². The quantitative estimate of drug-likeness (QED) is 0.169. The van der Waals surface area contributed by atoms with Crippen molar-refractivity contribution >= 4 is 63.5 Å². The molecule has 5 rings (SSSR count). The molecule has 0 aliphatic carbocycles. The third-order valence-electron chi connectivity index (χ3n) is 6.12. The number of halogens is 1. The number of ether oxygens (including phenoxy) is 1. The Morgan fingerprint density at radius 2 is 1.67 bits per heavy atom. The molecular weight excluding hydrogens is 607 g/mol. The summed E-state index contributed by atoms with van der Waals surface area (Å²) in [6.45, 7) is 0. The van der Waals surface area contributed by atoms with Crippen LogP contribution in [0.2, 0.25) is 0 Å². The van der Waals surface area contributed by atoms with Crippen molar-refractivity contribution in [3.8, 4) is 0 Å². The summed E-state index contributed by atoms with van der Waals surface area (Å²) in [5.41, 5.74) is 2.53. The second-order valence-electron chi connectivity index (χ2n) is 8.44. The summed E-state index contributed by atoms with van der Waals surface area (Å²) in [6.07, 6.45) is -0.365. The van der Waals surface area contributed by atoms with Crippen molar-refractivity contribution in [1.82, 2.24) is 10.2 Å². The first-order chi connectivity index (χ1) is 17.6. The van der Waals surface area contributed by atoms with Crippen molar-refractivity contribution in [2.75, 3.05) is 4.43 Å². The first-order valence-corrected chi connectivity index (χ1v) is 14.8. The molecular formula is C27H23IN2O4S2. The number of rotatable bonds is 8. The van der Waals surface area contributed by atoms with Gasteiger partial charge in [0.25, 0.3) is 0 Å². The summed E-state index contributed by atoms with van der Waals surface area (Å²) >= 11 is 5.16. The lowest BCUT2D eigenvalue weighted by molar-refractivity contribution is -0.165. The largest absolute Gasteiger partial charge is 0.451 e. The smallest absolute Gasteiger partial charge is 0.334 e. The van der Waals surface area contributed by atoms with E-state index in [0.29, 0.717) is 4.43 Å². The van der Waals surface area contributed by atoms with E-state index in [1.54, 1.807) is 4.90 Å². The lowest BCUT2D eigenvalue weighted by atomic mass is 9.97. The van der Waals surface area contributed by atoms with Crippen LogP contribution >= 0.6 is 45.7 Å². The molecule has 9 heteroatoms. The van der Waals surface area contributed by atoms with Gasteiger partial charge in [-0.1, -0.05) is 89.3 Å². The molecule has 0 saturated carbocycles. The van der Waals surface area contributed by atoms with Crippen LogP contribution in [0.15, 0.2) is 89.2 Å². The molecule has 1 fully saturated rings. The zero-order valence-electron chi connectivity index (χ0n) is 19.1. The molecule has 184 valence electrons. The zero-order valence-corrected chi connectivity index (χ0v) is 22.9. The van der Waals surface area contributed by atoms with E-state index >= 15 is 0 Å². The first kappa shape index (κ1) is 25.0. The molecule has 2 unspecified atom stereocenters. The number of thiophene rings is 1. The van der Waals surface area contributed by atoms with Gasteiger partial charge in [-0.3, -0.25) is 9.59 Å². The highest BCUT2D eigenvalue weighted by molar-refractivity contribution is 14.1. The number of carbonyl (C=O) groups is 3. The number of hydrogen-bond donors (Lipinski definition) is 1. The van der Waals surface area contributed by atoms with Crippen LogP contribution in [0.4, 0.5) is 0 Å². The number of carbonyl (C=O) groups excluding carboxylic acids is 3. The summed E-state index contributed by atoms with van der Waals surface area (Å²) in [6, 6.07) is 21.5. The Hall–Kier alpha value is -2.63. The molecule has 3 heterocycles. The molecule has 3 aromatic rings. The Morgan fingerprint density at radius 1 is 1.00 bits per heavy atom. The Balaban J connectivity index is 1.35. The van der Waals surface area contributed by atoms with Crippen molar-refractivity contribution < 1.29 is 19.1 Å². The van der Waals surface area contributed by atoms with Crippen LogP contribution in [0.25, 0.3) is 0 Å². The van der Waals surface area contributed by atoms with Gasteiger partial charge in [-0.2, -0.15) is 0 Å². The Labute approximate surface area is 231 Å². The maximum Gasteiger partial charge on any atom is 0.334 e. The molecule has 3 atom stereocenters. The van der Waals surface area contributed by atoms with Gasteiger partial charge in [0.05, 0.1) is 6.42 Å². The Bertz CT molecular complexity index is 1230. The number of nitrogens with one attached hydrogen (secondary N) is 1. The van der Waals surface area contributed by atoms with Gasteiger partial charge in [0.2, 0.25) is 11.8 Å². The zero-order chi connectivity index (χ0) is 25.1. The van der Waals surface area contributed by atoms with Gasteiger partial charge >= 0.3 is 5.97 Å². The molecule has 2 aliphatic rings. The summed E-state index contributed by atoms with van der Waals surface area (Å²) in [5, 5.41) is 6.37. The van der Waals surface area contributed by atoms with E-state index in [1.165, 1.54) is 23.1 Å². The molecule has 6 nitrogen and oxygen atoms in total. The minimum atomic E-state index is -0.818. The van der Waals surface area contributed by atoms with E-state index in [9.17, 15) is 14.4 Å². The minimum Gasteiger partial charge on any atom is -0.451 e. The molecule has 1 aromatic heterocycles. The number of β-lactam (4-membered cyclic amide) rings is 1. The van der Waals surface area contributed by atoms with Crippen molar-refractivity contribution in [2.24, 2.45) is 0 Å². The van der Waals surface area contributed by atoms with Crippen LogP contribution in [-0.4, -0.2) is 44.6 Å². The van der Waals surface area contributed by atoms with Gasteiger partial charge < -0.3 is 15.0 Å². The normalized spacial score (nSPS) is 20.8. The maximum absolute atomic E-state index is 13.6. The molecule has 2 aromatic carbocycles. The summed E-state index contributed by atoms with van der Waals surface area (Å²) in [7, 11) is 0. The van der Waals surface area contributed by atoms with Gasteiger partial charge in [-0.25, -0.2) is 4.79 Å². The predicted octanol–water partition coefficient (Wildman–Crippen LogP) is 4.71. The first-order valence-electron chi connectivity index (χ1n) is 11.4. The van der Waals surface area contributed by atoms with Gasteiger partial charge in [-0.15, -0.1) is 23.1 Å². The third-order valence-corrected chi connectivity index (χ3v) is 9.09. The average molecular weight is 631 g/mol. The standard InChI is InChI=1S/C27H23IN2O4S2/c28-15-19-16-36-26-22(29-21(31)14-20-12-7-13-35-20)25(32)30(26)23(19)27(33)34-24(17-8-3-1-4-9-17)18-10-5-2-6-11-18/h1-13,16,22-24,26H,14-15H2,(H,29,31)/t22?,23-,26?/m1/s1. The monoisotopic (exact) mass is 630 g/mol. The molecule has 0 bridgehead atoms. The third kappa shape index (κ3) is 5.09. The molecule has 1 N–H and O–H groups in total. The molecule has 36 heavy (non-hydrogen) atoms. The van der Waals surface area contributed by atoms with E-state index in [0.717, 1.165) is 21.6 Å². The molecule has 0 spiro atoms. The topological polar surface area (TPSA) is 75.7 Å². The second-order valence-corrected chi connectivity index (χ2v) is 11.2. The highest BCUT2D eigenvalue weighted by atomic mass is 127. The van der Waals surface area contributed by atoms with Crippen molar-refractivity contribution in [1.29, 1.82) is 0 Å². The highest BCUT2D eigenvalue weighted by Crippen LogP contribution is 2.41. The highest BCUT2D eigenvalue weighted by Gasteiger charge is 2.56. The van der Waals surface area contributed by atoms with Crippen LogP contribution in [0, 0.1) is 0 Å². The maximum atomic E-state index is 13.6. The second kappa shape index (κ2) is 11.2. The van der Waals surface area contributed by atoms with E-state index < -0.39 is 24.2 Å². The van der Waals surface area contributed by atoms with Crippen molar-refractivity contribution in [3.05, 3.63) is 105 Å². The van der Waals surface area contributed by atoms with Crippen molar-refractivity contribution in [3.63, 3.8) is 0 Å². The number of nitrogens with zero attached hydrogens (tertiary/aromatic N) is 1. The minimum absolute atomic E-state index is 0.202. The Kier molecular flexibility index (Phi) is 7.78. The van der Waals surface area contributed by atoms with Crippen molar-refractivity contribution in [2.45, 2.75) is 30.0 Å². The van der Waals surface area contributed by atoms with E-state index in [1.807, 2.05) is 83.6 Å². The number of hydrogen-bond acceptors (Lipinski definition) is 6. The van der Waals surface area contributed by atoms with E-state index in [2.05, 4.69) is 27.9 Å². The van der Waals surface area contributed by atoms with Crippen LogP contribution in [0.1, 0.15) is 22.1 Å². The van der Waals surface area contributed by atoms with Crippen LogP contribution < -0.4 is 5.32 Å². The van der Waals surface area contributed by atoms with Crippen LogP contribution in [0.5, 0.6) is 0 Å². The van der Waals surface area contributed by atoms with E-state index in [4.69, 9.17) is 4.74 Å². The molecule has 2 amide bonds. The predicted molar refractivity (Wildman–Crippen MR) is 150 cm³/mol. The lowest BCUT2D eigenvalue weighted by Gasteiger charge is -2.51. The van der Waals surface area contributed by atoms with Gasteiger partial charge in [0.1, 0.15) is 11.4 Å². The van der Waals surface area contributed by atoms with Gasteiger partial charge in [-0.05, 0) is 33.6 Å². The molecule has 2 aliphatic heterocycles. The molecule has 0 radical (unpaired) electrons. The fourth-order valence-electron chi connectivity index (χ4n) is 4.37. The fraction of sp³-hybridized carbons (Fsp3) is 0.222. The number of esters is 1.